The monoisotopic (exact) mass is 268 g/mol. The average Bonchev–Trinajstić information content (AvgIpc) is 2.84. The molecule has 0 bridgehead atoms. The van der Waals surface area contributed by atoms with Gasteiger partial charge in [-0.25, -0.2) is 4.57 Å². The standard InChI is InChI=1S/C11H9O4PS/c12-16(13)14-10-5-1-3-8(11(10)15-16)7-9-4-2-6-17-9/h1-6H,7H2,(H,12,13). The molecule has 1 aliphatic rings. The lowest BCUT2D eigenvalue weighted by Crippen LogP contribution is -1.90. The van der Waals surface area contributed by atoms with Crippen LogP contribution < -0.4 is 9.05 Å². The first kappa shape index (κ1) is 10.8. The summed E-state index contributed by atoms with van der Waals surface area (Å²) < 4.78 is 21.2. The number of benzene rings is 1. The molecular weight excluding hydrogens is 259 g/mol. The topological polar surface area (TPSA) is 55.8 Å². The number of fused-ring (bicyclic) bond motifs is 1. The molecule has 0 saturated heterocycles. The number of hydrogen-bond acceptors (Lipinski definition) is 4. The summed E-state index contributed by atoms with van der Waals surface area (Å²) in [5, 5.41) is 1.99. The largest absolute Gasteiger partial charge is 0.585 e. The number of hydrogen-bond donors (Lipinski definition) is 1. The second-order valence-electron chi connectivity index (χ2n) is 3.65. The van der Waals surface area contributed by atoms with E-state index in [9.17, 15) is 9.46 Å². The molecule has 1 aliphatic heterocycles. The highest BCUT2D eigenvalue weighted by Crippen LogP contribution is 2.56. The van der Waals surface area contributed by atoms with E-state index in [4.69, 9.17) is 9.05 Å². The molecule has 88 valence electrons. The van der Waals surface area contributed by atoms with Crippen molar-refractivity contribution < 1.29 is 18.5 Å². The molecule has 0 radical (unpaired) electrons. The van der Waals surface area contributed by atoms with E-state index in [0.717, 1.165) is 5.56 Å². The molecule has 0 fully saturated rings. The van der Waals surface area contributed by atoms with Gasteiger partial charge in [0.05, 0.1) is 0 Å². The van der Waals surface area contributed by atoms with E-state index < -0.39 is 7.82 Å². The third-order valence-corrected chi connectivity index (χ3v) is 4.14. The van der Waals surface area contributed by atoms with E-state index >= 15 is 0 Å². The Labute approximate surface area is 102 Å². The summed E-state index contributed by atoms with van der Waals surface area (Å²) in [5.41, 5.74) is 0.858. The van der Waals surface area contributed by atoms with Crippen LogP contribution in [0.25, 0.3) is 0 Å². The first-order chi connectivity index (χ1) is 8.14. The lowest BCUT2D eigenvalue weighted by molar-refractivity contribution is 0.323. The highest BCUT2D eigenvalue weighted by molar-refractivity contribution is 7.48. The van der Waals surface area contributed by atoms with Crippen molar-refractivity contribution in [2.24, 2.45) is 0 Å². The smallest absolute Gasteiger partial charge is 0.391 e. The van der Waals surface area contributed by atoms with E-state index in [-0.39, 0.29) is 0 Å². The summed E-state index contributed by atoms with van der Waals surface area (Å²) >= 11 is 1.64. The van der Waals surface area contributed by atoms with Crippen molar-refractivity contribution >= 4 is 19.2 Å². The summed E-state index contributed by atoms with van der Waals surface area (Å²) in [6.45, 7) is 0. The van der Waals surface area contributed by atoms with Crippen LogP contribution in [-0.2, 0) is 11.0 Å². The van der Waals surface area contributed by atoms with Crippen molar-refractivity contribution in [2.45, 2.75) is 6.42 Å². The van der Waals surface area contributed by atoms with Gasteiger partial charge in [0, 0.05) is 16.9 Å². The van der Waals surface area contributed by atoms with Gasteiger partial charge in [0.1, 0.15) is 0 Å². The molecule has 6 heteroatoms. The number of thiophene rings is 1. The molecule has 2 heterocycles. The van der Waals surface area contributed by atoms with Gasteiger partial charge in [-0.3, -0.25) is 4.89 Å². The van der Waals surface area contributed by atoms with Crippen LogP contribution in [0.3, 0.4) is 0 Å². The van der Waals surface area contributed by atoms with Crippen LogP contribution in [0, 0.1) is 0 Å². The van der Waals surface area contributed by atoms with E-state index in [1.165, 1.54) is 4.88 Å². The van der Waals surface area contributed by atoms with Gasteiger partial charge < -0.3 is 9.05 Å². The highest BCUT2D eigenvalue weighted by atomic mass is 32.1. The van der Waals surface area contributed by atoms with Crippen LogP contribution in [0.2, 0.25) is 0 Å². The molecule has 3 rings (SSSR count). The zero-order valence-electron chi connectivity index (χ0n) is 8.70. The fourth-order valence-electron chi connectivity index (χ4n) is 1.74. The molecule has 0 aliphatic carbocycles. The van der Waals surface area contributed by atoms with Gasteiger partial charge in [-0.15, -0.1) is 11.3 Å². The second kappa shape index (κ2) is 3.88. The van der Waals surface area contributed by atoms with Crippen LogP contribution in [0.1, 0.15) is 10.4 Å². The van der Waals surface area contributed by atoms with E-state index in [1.54, 1.807) is 23.5 Å². The maximum Gasteiger partial charge on any atom is 0.585 e. The van der Waals surface area contributed by atoms with E-state index in [2.05, 4.69) is 0 Å². The molecule has 0 saturated carbocycles. The molecule has 2 aromatic rings. The molecule has 1 N–H and O–H groups in total. The average molecular weight is 268 g/mol. The van der Waals surface area contributed by atoms with Gasteiger partial charge in [-0.1, -0.05) is 18.2 Å². The normalized spacial score (nSPS) is 21.7. The molecule has 0 amide bonds. The molecule has 0 spiro atoms. The fourth-order valence-corrected chi connectivity index (χ4v) is 3.33. The fraction of sp³-hybridized carbons (Fsp3) is 0.0909. The Morgan fingerprint density at radius 2 is 2.12 bits per heavy atom. The number of phosphoric ester groups is 1. The molecule has 1 unspecified atom stereocenters. The third-order valence-electron chi connectivity index (χ3n) is 2.43. The minimum absolute atomic E-state index is 0.338. The van der Waals surface area contributed by atoms with Crippen LogP contribution >= 0.6 is 19.2 Å². The van der Waals surface area contributed by atoms with E-state index in [0.29, 0.717) is 17.9 Å². The predicted molar refractivity (Wildman–Crippen MR) is 64.6 cm³/mol. The van der Waals surface area contributed by atoms with Gasteiger partial charge in [-0.2, -0.15) is 0 Å². The van der Waals surface area contributed by atoms with Crippen molar-refractivity contribution in [1.29, 1.82) is 0 Å². The van der Waals surface area contributed by atoms with Crippen molar-refractivity contribution in [3.05, 3.63) is 46.2 Å². The summed E-state index contributed by atoms with van der Waals surface area (Å²) in [4.78, 5) is 10.4. The van der Waals surface area contributed by atoms with Gasteiger partial charge in [-0.05, 0) is 17.5 Å². The Kier molecular flexibility index (Phi) is 2.47. The third kappa shape index (κ3) is 2.09. The quantitative estimate of drug-likeness (QED) is 0.850. The Morgan fingerprint density at radius 3 is 2.88 bits per heavy atom. The SMILES string of the molecule is O=P1(O)Oc2cccc(Cc3cccs3)c2O1. The lowest BCUT2D eigenvalue weighted by atomic mass is 10.1. The van der Waals surface area contributed by atoms with Crippen molar-refractivity contribution in [2.75, 3.05) is 0 Å². The molecule has 1 atom stereocenters. The zero-order chi connectivity index (χ0) is 11.9. The summed E-state index contributed by atoms with van der Waals surface area (Å²) in [6, 6.07) is 9.27. The molecule has 4 nitrogen and oxygen atoms in total. The van der Waals surface area contributed by atoms with Crippen molar-refractivity contribution in [1.82, 2.24) is 0 Å². The minimum atomic E-state index is -3.94. The first-order valence-electron chi connectivity index (χ1n) is 5.00. The maximum absolute atomic E-state index is 11.3. The van der Waals surface area contributed by atoms with Crippen molar-refractivity contribution in [3.63, 3.8) is 0 Å². The van der Waals surface area contributed by atoms with Crippen LogP contribution in [0.15, 0.2) is 35.7 Å². The molecule has 17 heavy (non-hydrogen) atoms. The van der Waals surface area contributed by atoms with Gasteiger partial charge in [0.25, 0.3) is 0 Å². The zero-order valence-corrected chi connectivity index (χ0v) is 10.4. The Bertz CT molecular complexity index is 594. The van der Waals surface area contributed by atoms with Crippen molar-refractivity contribution in [3.8, 4) is 11.5 Å². The first-order valence-corrected chi connectivity index (χ1v) is 7.38. The van der Waals surface area contributed by atoms with E-state index in [1.807, 2.05) is 23.6 Å². The second-order valence-corrected chi connectivity index (χ2v) is 5.99. The van der Waals surface area contributed by atoms with Crippen LogP contribution in [-0.4, -0.2) is 4.89 Å². The van der Waals surface area contributed by atoms with Gasteiger partial charge >= 0.3 is 7.82 Å². The maximum atomic E-state index is 11.3. The molecule has 1 aromatic carbocycles. The Hall–Kier alpha value is -1.29. The lowest BCUT2D eigenvalue weighted by Gasteiger charge is -2.03. The summed E-state index contributed by atoms with van der Waals surface area (Å²) in [7, 11) is -3.94. The van der Waals surface area contributed by atoms with Gasteiger partial charge in [0.2, 0.25) is 0 Å². The summed E-state index contributed by atoms with van der Waals surface area (Å²) in [6.07, 6.45) is 0.671. The predicted octanol–water partition coefficient (Wildman–Crippen LogP) is 3.21. The van der Waals surface area contributed by atoms with Gasteiger partial charge in [0.15, 0.2) is 11.5 Å². The molecule has 1 aromatic heterocycles. The minimum Gasteiger partial charge on any atom is -0.391 e. The highest BCUT2D eigenvalue weighted by Gasteiger charge is 2.36. The number of rotatable bonds is 2. The van der Waals surface area contributed by atoms with Crippen LogP contribution in [0.5, 0.6) is 11.5 Å². The molecular formula is C11H9O4PS. The number of phosphoric acid groups is 1. The number of para-hydroxylation sites is 1. The Morgan fingerprint density at radius 1 is 1.24 bits per heavy atom. The Balaban J connectivity index is 1.98. The van der Waals surface area contributed by atoms with Crippen LogP contribution in [0.4, 0.5) is 0 Å². The summed E-state index contributed by atoms with van der Waals surface area (Å²) in [5.74, 6) is 0.719.